The van der Waals surface area contributed by atoms with Crippen LogP contribution in [0.2, 0.25) is 4.66 Å². The zero-order valence-corrected chi connectivity index (χ0v) is 15.1. The van der Waals surface area contributed by atoms with Crippen molar-refractivity contribution in [2.45, 2.75) is 38.8 Å². The van der Waals surface area contributed by atoms with Crippen LogP contribution in [0.1, 0.15) is 34.1 Å². The van der Waals surface area contributed by atoms with Crippen molar-refractivity contribution in [2.24, 2.45) is 0 Å². The molecule has 0 N–H and O–H groups in total. The number of carbonyl (C=O) groups is 2. The SMILES string of the molecule is CCO[Si](OC)C(C)(C(=O)CC(C)=O)[Si](OC)OCC. The summed E-state index contributed by atoms with van der Waals surface area (Å²) in [5.74, 6) is -0.428. The van der Waals surface area contributed by atoms with Crippen molar-refractivity contribution in [3.05, 3.63) is 0 Å². The van der Waals surface area contributed by atoms with Gasteiger partial charge in [0.05, 0.1) is 6.42 Å². The number of hydrogen-bond donors (Lipinski definition) is 0. The molecule has 0 saturated heterocycles. The lowest BCUT2D eigenvalue weighted by Crippen LogP contribution is -2.53. The molecular formula is C12H24O6Si2. The van der Waals surface area contributed by atoms with E-state index in [2.05, 4.69) is 0 Å². The Balaban J connectivity index is 5.48. The molecule has 0 amide bonds. The minimum absolute atomic E-state index is 0.161. The Morgan fingerprint density at radius 3 is 1.65 bits per heavy atom. The van der Waals surface area contributed by atoms with Gasteiger partial charge in [-0.3, -0.25) is 9.59 Å². The Morgan fingerprint density at radius 1 is 1.00 bits per heavy atom. The van der Waals surface area contributed by atoms with Crippen LogP contribution in [-0.2, 0) is 27.3 Å². The van der Waals surface area contributed by atoms with E-state index in [0.717, 1.165) is 0 Å². The average molecular weight is 320 g/mol. The van der Waals surface area contributed by atoms with Crippen molar-refractivity contribution in [3.8, 4) is 0 Å². The lowest BCUT2D eigenvalue weighted by atomic mass is 10.2. The smallest absolute Gasteiger partial charge is 0.396 e. The van der Waals surface area contributed by atoms with Gasteiger partial charge in [-0.05, 0) is 27.7 Å². The first-order valence-electron chi connectivity index (χ1n) is 6.49. The lowest BCUT2D eigenvalue weighted by molar-refractivity contribution is -0.127. The molecule has 0 aliphatic rings. The standard InChI is InChI=1S/C12H24O6Si2/c1-7-17-19(15-5)12(4,11(14)9-10(3)13)20(16-6)18-8-2/h7-9H2,1-6H3. The van der Waals surface area contributed by atoms with E-state index in [9.17, 15) is 9.59 Å². The maximum atomic E-state index is 12.5. The number of carbonyl (C=O) groups excluding carboxylic acids is 2. The van der Waals surface area contributed by atoms with Crippen LogP contribution in [0, 0.1) is 0 Å². The van der Waals surface area contributed by atoms with Crippen molar-refractivity contribution >= 4 is 30.1 Å². The van der Waals surface area contributed by atoms with Crippen molar-refractivity contribution in [2.75, 3.05) is 27.4 Å². The first-order chi connectivity index (χ1) is 9.38. The molecule has 116 valence electrons. The molecule has 20 heavy (non-hydrogen) atoms. The predicted octanol–water partition coefficient (Wildman–Crippen LogP) is 1.18. The molecule has 0 aromatic carbocycles. The summed E-state index contributed by atoms with van der Waals surface area (Å²) in [7, 11) is -0.902. The molecule has 0 saturated carbocycles. The molecule has 0 aromatic rings. The fraction of sp³-hybridized carbons (Fsp3) is 0.833. The Kier molecular flexibility index (Phi) is 9.35. The van der Waals surface area contributed by atoms with Gasteiger partial charge in [0.25, 0.3) is 0 Å². The van der Waals surface area contributed by atoms with Crippen molar-refractivity contribution in [1.29, 1.82) is 0 Å². The number of ketones is 2. The second-order valence-corrected chi connectivity index (χ2v) is 9.32. The highest BCUT2D eigenvalue weighted by atomic mass is 28.4. The third-order valence-corrected chi connectivity index (χ3v) is 7.96. The Bertz CT molecular complexity index is 309. The van der Waals surface area contributed by atoms with E-state index in [1.165, 1.54) is 21.1 Å². The molecule has 2 radical (unpaired) electrons. The number of hydrogen-bond acceptors (Lipinski definition) is 6. The van der Waals surface area contributed by atoms with Gasteiger partial charge in [0.15, 0.2) is 0 Å². The third-order valence-electron chi connectivity index (χ3n) is 2.71. The molecule has 0 aliphatic carbocycles. The minimum atomic E-state index is -1.96. The second kappa shape index (κ2) is 9.53. The molecule has 0 unspecified atom stereocenters. The third kappa shape index (κ3) is 4.86. The molecule has 0 spiro atoms. The molecule has 0 rings (SSSR count). The topological polar surface area (TPSA) is 71.1 Å². The van der Waals surface area contributed by atoms with E-state index >= 15 is 0 Å². The van der Waals surface area contributed by atoms with Gasteiger partial charge in [0.1, 0.15) is 16.2 Å². The summed E-state index contributed by atoms with van der Waals surface area (Å²) in [5, 5.41) is 0. The zero-order chi connectivity index (χ0) is 15.8. The Hall–Kier alpha value is -0.386. The van der Waals surface area contributed by atoms with Gasteiger partial charge < -0.3 is 17.7 Å². The van der Waals surface area contributed by atoms with Gasteiger partial charge in [0, 0.05) is 27.4 Å². The zero-order valence-electron chi connectivity index (χ0n) is 13.1. The van der Waals surface area contributed by atoms with Crippen LogP contribution in [0.25, 0.3) is 0 Å². The van der Waals surface area contributed by atoms with Crippen LogP contribution in [-0.4, -0.2) is 57.6 Å². The first-order valence-corrected chi connectivity index (χ1v) is 9.12. The van der Waals surface area contributed by atoms with Crippen molar-refractivity contribution in [3.63, 3.8) is 0 Å². The summed E-state index contributed by atoms with van der Waals surface area (Å²) < 4.78 is 21.0. The molecule has 0 aromatic heterocycles. The van der Waals surface area contributed by atoms with E-state index in [1.807, 2.05) is 13.8 Å². The fourth-order valence-corrected chi connectivity index (χ4v) is 6.29. The highest BCUT2D eigenvalue weighted by Crippen LogP contribution is 2.37. The quantitative estimate of drug-likeness (QED) is 0.420. The van der Waals surface area contributed by atoms with Crippen LogP contribution >= 0.6 is 0 Å². The highest BCUT2D eigenvalue weighted by molar-refractivity contribution is 6.77. The predicted molar refractivity (Wildman–Crippen MR) is 77.5 cm³/mol. The van der Waals surface area contributed by atoms with Gasteiger partial charge in [-0.15, -0.1) is 0 Å². The van der Waals surface area contributed by atoms with Gasteiger partial charge in [-0.2, -0.15) is 0 Å². The molecule has 6 nitrogen and oxygen atoms in total. The normalized spacial score (nSPS) is 12.2. The molecule has 0 fully saturated rings. The first kappa shape index (κ1) is 19.6. The molecule has 0 atom stereocenters. The average Bonchev–Trinajstić information content (AvgIpc) is 2.40. The van der Waals surface area contributed by atoms with Crippen LogP contribution < -0.4 is 0 Å². The fourth-order valence-electron chi connectivity index (χ4n) is 1.79. The summed E-state index contributed by atoms with van der Waals surface area (Å²) >= 11 is 0. The van der Waals surface area contributed by atoms with Gasteiger partial charge >= 0.3 is 18.6 Å². The summed E-state index contributed by atoms with van der Waals surface area (Å²) in [6.07, 6.45) is -0.161. The van der Waals surface area contributed by atoms with E-state index in [4.69, 9.17) is 17.7 Å². The van der Waals surface area contributed by atoms with Crippen LogP contribution in [0.3, 0.4) is 0 Å². The second-order valence-electron chi connectivity index (χ2n) is 4.28. The van der Waals surface area contributed by atoms with Gasteiger partial charge in [0.2, 0.25) is 0 Å². The maximum absolute atomic E-state index is 12.5. The van der Waals surface area contributed by atoms with Crippen LogP contribution in [0.5, 0.6) is 0 Å². The van der Waals surface area contributed by atoms with E-state index in [-0.39, 0.29) is 18.0 Å². The minimum Gasteiger partial charge on any atom is -0.396 e. The summed E-state index contributed by atoms with van der Waals surface area (Å²) in [5.41, 5.74) is 0. The van der Waals surface area contributed by atoms with Crippen molar-refractivity contribution < 1.29 is 27.3 Å². The lowest BCUT2D eigenvalue weighted by Gasteiger charge is -2.34. The Morgan fingerprint density at radius 2 is 1.40 bits per heavy atom. The van der Waals surface area contributed by atoms with Crippen LogP contribution in [0.4, 0.5) is 0 Å². The van der Waals surface area contributed by atoms with Crippen LogP contribution in [0.15, 0.2) is 0 Å². The van der Waals surface area contributed by atoms with Gasteiger partial charge in [-0.1, -0.05) is 0 Å². The summed E-state index contributed by atoms with van der Waals surface area (Å²) in [6, 6.07) is 0. The maximum Gasteiger partial charge on any atom is 0.400 e. The largest absolute Gasteiger partial charge is 0.400 e. The van der Waals surface area contributed by atoms with Gasteiger partial charge in [-0.25, -0.2) is 0 Å². The van der Waals surface area contributed by atoms with E-state index in [1.54, 1.807) is 6.92 Å². The molecule has 8 heteroatoms. The number of Topliss-reactive ketones (excluding diaryl/α,β-unsaturated/α-hetero) is 2. The number of rotatable bonds is 11. The van der Waals surface area contributed by atoms with E-state index in [0.29, 0.717) is 13.2 Å². The Labute approximate surface area is 124 Å². The molecule has 0 bridgehead atoms. The summed E-state index contributed by atoms with van der Waals surface area (Å²) in [4.78, 5) is 23.8. The molecular weight excluding hydrogens is 296 g/mol. The van der Waals surface area contributed by atoms with Crippen molar-refractivity contribution in [1.82, 2.24) is 0 Å². The molecule has 0 heterocycles. The molecule has 0 aliphatic heterocycles. The van der Waals surface area contributed by atoms with E-state index < -0.39 is 23.2 Å². The summed E-state index contributed by atoms with van der Waals surface area (Å²) in [6.45, 7) is 7.63. The highest BCUT2D eigenvalue weighted by Gasteiger charge is 2.56. The monoisotopic (exact) mass is 320 g/mol.